The maximum absolute atomic E-state index is 13.0. The van der Waals surface area contributed by atoms with Crippen molar-refractivity contribution < 1.29 is 4.79 Å². The van der Waals surface area contributed by atoms with Crippen LogP contribution in [0, 0.1) is 13.8 Å². The molecule has 1 amide bonds. The Morgan fingerprint density at radius 2 is 2.03 bits per heavy atom. The molecule has 1 aromatic carbocycles. The zero-order valence-corrected chi connectivity index (χ0v) is 18.1. The molecule has 0 radical (unpaired) electrons. The molecule has 1 N–H and O–H groups in total. The van der Waals surface area contributed by atoms with Crippen molar-refractivity contribution in [2.45, 2.75) is 25.5 Å². The molecule has 0 spiro atoms. The Labute approximate surface area is 181 Å². The van der Waals surface area contributed by atoms with Gasteiger partial charge in [-0.1, -0.05) is 30.0 Å². The Bertz CT molecular complexity index is 1270. The largest absolute Gasteiger partial charge is 0.325 e. The van der Waals surface area contributed by atoms with E-state index in [-0.39, 0.29) is 28.4 Å². The lowest BCUT2D eigenvalue weighted by Gasteiger charge is -2.12. The van der Waals surface area contributed by atoms with Crippen molar-refractivity contribution in [2.75, 3.05) is 11.1 Å². The van der Waals surface area contributed by atoms with Crippen LogP contribution in [0.25, 0.3) is 11.2 Å². The van der Waals surface area contributed by atoms with Crippen LogP contribution in [-0.2, 0) is 11.3 Å². The zero-order valence-electron chi connectivity index (χ0n) is 16.5. The summed E-state index contributed by atoms with van der Waals surface area (Å²) >= 11 is 2.77. The molecule has 9 heteroatoms. The van der Waals surface area contributed by atoms with E-state index in [4.69, 9.17) is 0 Å². The molecule has 0 saturated carbocycles. The molecule has 0 fully saturated rings. The number of nitrogens with zero attached hydrogens (tertiary/aromatic N) is 4. The van der Waals surface area contributed by atoms with Gasteiger partial charge in [-0.3, -0.25) is 14.2 Å². The number of thiophene rings is 1. The lowest BCUT2D eigenvalue weighted by atomic mass is 10.1. The first-order chi connectivity index (χ1) is 14.5. The van der Waals surface area contributed by atoms with Gasteiger partial charge in [-0.2, -0.15) is 0 Å². The number of hydrogen-bond donors (Lipinski definition) is 1. The fraction of sp³-hybridized carbons (Fsp3) is 0.190. The molecule has 4 aromatic rings. The first-order valence-electron chi connectivity index (χ1n) is 9.25. The van der Waals surface area contributed by atoms with Gasteiger partial charge in [-0.05, 0) is 42.5 Å². The molecular formula is C21H19N5O2S2. The zero-order chi connectivity index (χ0) is 21.1. The highest BCUT2D eigenvalue weighted by atomic mass is 32.2. The van der Waals surface area contributed by atoms with Gasteiger partial charge in [0.05, 0.1) is 12.3 Å². The second-order valence-electron chi connectivity index (χ2n) is 6.75. The van der Waals surface area contributed by atoms with Gasteiger partial charge in [0.2, 0.25) is 5.91 Å². The van der Waals surface area contributed by atoms with Crippen LogP contribution in [0.3, 0.4) is 0 Å². The standard InChI is InChI=1S/C21H19N5O2S2/c1-13-5-6-14(2)16(10-13)24-17(27)12-30-21-25-19-18(22-7-8-23-19)20(28)26(21)11-15-4-3-9-29-15/h3-10H,11-12H2,1-2H3,(H,24,27). The minimum absolute atomic E-state index is 0.121. The second kappa shape index (κ2) is 8.76. The van der Waals surface area contributed by atoms with Crippen LogP contribution in [0.15, 0.2) is 58.1 Å². The number of fused-ring (bicyclic) bond motifs is 1. The summed E-state index contributed by atoms with van der Waals surface area (Å²) in [5, 5.41) is 5.34. The van der Waals surface area contributed by atoms with E-state index in [1.54, 1.807) is 15.9 Å². The smallest absolute Gasteiger partial charge is 0.282 e. The first-order valence-corrected chi connectivity index (χ1v) is 11.1. The molecule has 4 rings (SSSR count). The van der Waals surface area contributed by atoms with Gasteiger partial charge in [0.15, 0.2) is 16.3 Å². The molecule has 0 saturated heterocycles. The minimum atomic E-state index is -0.265. The molecule has 0 unspecified atom stereocenters. The van der Waals surface area contributed by atoms with E-state index in [2.05, 4.69) is 20.3 Å². The van der Waals surface area contributed by atoms with Crippen LogP contribution in [0.5, 0.6) is 0 Å². The number of carbonyl (C=O) groups is 1. The van der Waals surface area contributed by atoms with Crippen molar-refractivity contribution in [1.29, 1.82) is 0 Å². The summed E-state index contributed by atoms with van der Waals surface area (Å²) < 4.78 is 1.55. The first kappa shape index (κ1) is 20.2. The van der Waals surface area contributed by atoms with E-state index in [0.717, 1.165) is 21.7 Å². The normalized spacial score (nSPS) is 11.0. The average molecular weight is 438 g/mol. The van der Waals surface area contributed by atoms with E-state index in [0.29, 0.717) is 11.7 Å². The highest BCUT2D eigenvalue weighted by Gasteiger charge is 2.16. The van der Waals surface area contributed by atoms with Gasteiger partial charge in [0.25, 0.3) is 5.56 Å². The Hall–Kier alpha value is -3.04. The highest BCUT2D eigenvalue weighted by molar-refractivity contribution is 7.99. The van der Waals surface area contributed by atoms with Crippen LogP contribution in [0.2, 0.25) is 0 Å². The summed E-state index contributed by atoms with van der Waals surface area (Å²) in [6.45, 7) is 4.30. The quantitative estimate of drug-likeness (QED) is 0.366. The minimum Gasteiger partial charge on any atom is -0.325 e. The van der Waals surface area contributed by atoms with Crippen LogP contribution >= 0.6 is 23.1 Å². The Balaban J connectivity index is 1.60. The number of anilines is 1. The number of hydrogen-bond acceptors (Lipinski definition) is 7. The van der Waals surface area contributed by atoms with Crippen molar-refractivity contribution in [3.63, 3.8) is 0 Å². The molecule has 0 atom stereocenters. The van der Waals surface area contributed by atoms with E-state index >= 15 is 0 Å². The SMILES string of the molecule is Cc1ccc(C)c(NC(=O)CSc2nc3nccnc3c(=O)n2Cc2cccs2)c1. The Kier molecular flexibility index (Phi) is 5.91. The van der Waals surface area contributed by atoms with E-state index in [1.807, 2.05) is 49.6 Å². The number of benzene rings is 1. The van der Waals surface area contributed by atoms with E-state index in [1.165, 1.54) is 24.2 Å². The van der Waals surface area contributed by atoms with Crippen LogP contribution in [0.1, 0.15) is 16.0 Å². The summed E-state index contributed by atoms with van der Waals surface area (Å²) in [5.74, 6) is -0.0411. The lowest BCUT2D eigenvalue weighted by molar-refractivity contribution is -0.113. The summed E-state index contributed by atoms with van der Waals surface area (Å²) in [4.78, 5) is 39.4. The monoisotopic (exact) mass is 437 g/mol. The Morgan fingerprint density at radius 3 is 2.83 bits per heavy atom. The van der Waals surface area contributed by atoms with E-state index < -0.39 is 0 Å². The van der Waals surface area contributed by atoms with Crippen LogP contribution < -0.4 is 10.9 Å². The second-order valence-corrected chi connectivity index (χ2v) is 8.72. The van der Waals surface area contributed by atoms with Crippen LogP contribution in [0.4, 0.5) is 5.69 Å². The molecule has 0 aliphatic carbocycles. The molecule has 0 bridgehead atoms. The third kappa shape index (κ3) is 4.42. The van der Waals surface area contributed by atoms with Gasteiger partial charge in [-0.25, -0.2) is 15.0 Å². The predicted molar refractivity (Wildman–Crippen MR) is 120 cm³/mol. The predicted octanol–water partition coefficient (Wildman–Crippen LogP) is 3.64. The van der Waals surface area contributed by atoms with Gasteiger partial charge in [-0.15, -0.1) is 11.3 Å². The number of amides is 1. The van der Waals surface area contributed by atoms with Crippen molar-refractivity contribution >= 4 is 45.9 Å². The lowest BCUT2D eigenvalue weighted by Crippen LogP contribution is -2.25. The number of carbonyl (C=O) groups excluding carboxylic acids is 1. The molecule has 7 nitrogen and oxygen atoms in total. The average Bonchev–Trinajstić information content (AvgIpc) is 3.25. The number of aromatic nitrogens is 4. The number of aryl methyl sites for hydroxylation is 2. The van der Waals surface area contributed by atoms with Gasteiger partial charge in [0, 0.05) is 23.0 Å². The summed E-state index contributed by atoms with van der Waals surface area (Å²) in [7, 11) is 0. The van der Waals surface area contributed by atoms with Crippen molar-refractivity contribution in [3.05, 3.63) is 74.5 Å². The van der Waals surface area contributed by atoms with Crippen molar-refractivity contribution in [3.8, 4) is 0 Å². The fourth-order valence-electron chi connectivity index (χ4n) is 2.92. The fourth-order valence-corrected chi connectivity index (χ4v) is 4.40. The maximum atomic E-state index is 13.0. The van der Waals surface area contributed by atoms with E-state index in [9.17, 15) is 9.59 Å². The molecule has 152 valence electrons. The van der Waals surface area contributed by atoms with Gasteiger partial charge < -0.3 is 5.32 Å². The topological polar surface area (TPSA) is 89.8 Å². The molecule has 3 heterocycles. The molecule has 3 aromatic heterocycles. The summed E-state index contributed by atoms with van der Waals surface area (Å²) in [5.41, 5.74) is 3.09. The molecule has 30 heavy (non-hydrogen) atoms. The summed E-state index contributed by atoms with van der Waals surface area (Å²) in [6, 6.07) is 9.81. The maximum Gasteiger partial charge on any atom is 0.282 e. The number of rotatable bonds is 6. The summed E-state index contributed by atoms with van der Waals surface area (Å²) in [6.07, 6.45) is 2.98. The van der Waals surface area contributed by atoms with Crippen molar-refractivity contribution in [1.82, 2.24) is 19.5 Å². The third-order valence-corrected chi connectivity index (χ3v) is 6.29. The Morgan fingerprint density at radius 1 is 1.20 bits per heavy atom. The molecular weight excluding hydrogens is 418 g/mol. The van der Waals surface area contributed by atoms with Crippen molar-refractivity contribution in [2.24, 2.45) is 0 Å². The molecule has 0 aliphatic rings. The highest BCUT2D eigenvalue weighted by Crippen LogP contribution is 2.21. The number of thioether (sulfide) groups is 1. The third-order valence-electron chi connectivity index (χ3n) is 4.45. The molecule has 0 aliphatic heterocycles. The van der Waals surface area contributed by atoms with Crippen LogP contribution in [-0.4, -0.2) is 31.2 Å². The van der Waals surface area contributed by atoms with Gasteiger partial charge in [0.1, 0.15) is 0 Å². The number of nitrogens with one attached hydrogen (secondary N) is 1. The van der Waals surface area contributed by atoms with Gasteiger partial charge >= 0.3 is 0 Å².